The van der Waals surface area contributed by atoms with E-state index < -0.39 is 16.9 Å². The van der Waals surface area contributed by atoms with Gasteiger partial charge in [-0.15, -0.1) is 0 Å². The number of nitro benzene ring substituents is 1. The maximum atomic E-state index is 13.5. The van der Waals surface area contributed by atoms with Crippen LogP contribution in [0.15, 0.2) is 69.6 Å². The van der Waals surface area contributed by atoms with Gasteiger partial charge in [0.05, 0.1) is 36.0 Å². The van der Waals surface area contributed by atoms with Gasteiger partial charge in [-0.2, -0.15) is 0 Å². The van der Waals surface area contributed by atoms with Crippen LogP contribution in [0.5, 0.6) is 5.75 Å². The normalized spacial score (nSPS) is 15.3. The van der Waals surface area contributed by atoms with Gasteiger partial charge in [0, 0.05) is 24.0 Å². The fraction of sp³-hybridized carbons (Fsp3) is 0.208. The van der Waals surface area contributed by atoms with E-state index in [1.54, 1.807) is 57.4 Å². The number of esters is 1. The Morgan fingerprint density at radius 1 is 1.29 bits per heavy atom. The molecule has 0 radical (unpaired) electrons. The number of nitro groups is 1. The monoisotopic (exact) mass is 494 g/mol. The topological polar surface area (TPSA) is 125 Å². The number of nitrogens with one attached hydrogen (secondary N) is 1. The zero-order chi connectivity index (χ0) is 25.1. The number of benzene rings is 2. The van der Waals surface area contributed by atoms with Crippen molar-refractivity contribution in [3.63, 3.8) is 0 Å². The molecule has 4 rings (SSSR count). The van der Waals surface area contributed by atoms with E-state index in [0.717, 1.165) is 11.3 Å². The van der Waals surface area contributed by atoms with Crippen molar-refractivity contribution in [2.75, 3.05) is 19.0 Å². The highest BCUT2D eigenvalue weighted by atomic mass is 32.1. The van der Waals surface area contributed by atoms with Gasteiger partial charge in [0.15, 0.2) is 4.80 Å². The molecule has 0 saturated carbocycles. The van der Waals surface area contributed by atoms with Crippen LogP contribution in [0.3, 0.4) is 0 Å². The zero-order valence-corrected chi connectivity index (χ0v) is 20.0. The van der Waals surface area contributed by atoms with E-state index in [1.807, 2.05) is 0 Å². The van der Waals surface area contributed by atoms with Crippen LogP contribution in [0.4, 0.5) is 11.4 Å². The number of fused-ring (bicyclic) bond motifs is 1. The molecule has 2 heterocycles. The minimum absolute atomic E-state index is 0.0703. The number of rotatable bonds is 7. The fourth-order valence-corrected chi connectivity index (χ4v) is 4.72. The van der Waals surface area contributed by atoms with Gasteiger partial charge in [0.25, 0.3) is 11.2 Å². The van der Waals surface area contributed by atoms with Crippen LogP contribution < -0.4 is 24.9 Å². The van der Waals surface area contributed by atoms with E-state index in [4.69, 9.17) is 9.47 Å². The quantitative estimate of drug-likeness (QED) is 0.304. The van der Waals surface area contributed by atoms with Gasteiger partial charge in [0.2, 0.25) is 0 Å². The molecule has 0 saturated heterocycles. The summed E-state index contributed by atoms with van der Waals surface area (Å²) >= 11 is 1.15. The molecule has 10 nitrogen and oxygen atoms in total. The van der Waals surface area contributed by atoms with Gasteiger partial charge in [-0.25, -0.2) is 9.79 Å². The van der Waals surface area contributed by atoms with E-state index in [2.05, 4.69) is 10.3 Å². The molecule has 0 spiro atoms. The molecule has 35 heavy (non-hydrogen) atoms. The largest absolute Gasteiger partial charge is 0.497 e. The Kier molecular flexibility index (Phi) is 6.78. The molecule has 1 aliphatic heterocycles. The summed E-state index contributed by atoms with van der Waals surface area (Å²) in [5.41, 5.74) is 1.47. The Bertz CT molecular complexity index is 1500. The summed E-state index contributed by atoms with van der Waals surface area (Å²) in [7, 11) is 1.56. The van der Waals surface area contributed by atoms with Crippen molar-refractivity contribution in [2.24, 2.45) is 4.99 Å². The molecule has 1 N–H and O–H groups in total. The van der Waals surface area contributed by atoms with E-state index >= 15 is 0 Å². The van der Waals surface area contributed by atoms with Gasteiger partial charge in [0.1, 0.15) is 10.3 Å². The number of ether oxygens (including phenoxy) is 2. The number of hydrogen-bond donors (Lipinski definition) is 1. The number of thiazole rings is 1. The molecule has 1 aromatic heterocycles. The smallest absolute Gasteiger partial charge is 0.338 e. The Morgan fingerprint density at radius 3 is 2.69 bits per heavy atom. The first-order chi connectivity index (χ1) is 16.8. The Labute approximate surface area is 203 Å². The van der Waals surface area contributed by atoms with Gasteiger partial charge >= 0.3 is 5.97 Å². The highest BCUT2D eigenvalue weighted by molar-refractivity contribution is 7.07. The summed E-state index contributed by atoms with van der Waals surface area (Å²) in [6.07, 6.45) is 1.48. The lowest BCUT2D eigenvalue weighted by Gasteiger charge is -2.24. The third-order valence-corrected chi connectivity index (χ3v) is 6.36. The third kappa shape index (κ3) is 4.71. The van der Waals surface area contributed by atoms with E-state index in [9.17, 15) is 19.7 Å². The maximum Gasteiger partial charge on any atom is 0.338 e. The molecule has 11 heteroatoms. The second-order valence-corrected chi connectivity index (χ2v) is 8.54. The molecule has 1 aliphatic rings. The predicted octanol–water partition coefficient (Wildman–Crippen LogP) is 2.74. The summed E-state index contributed by atoms with van der Waals surface area (Å²) in [6.45, 7) is 3.61. The Morgan fingerprint density at radius 2 is 2.03 bits per heavy atom. The summed E-state index contributed by atoms with van der Waals surface area (Å²) in [4.78, 5) is 41.9. The van der Waals surface area contributed by atoms with Crippen molar-refractivity contribution >= 4 is 34.9 Å². The zero-order valence-electron chi connectivity index (χ0n) is 19.2. The lowest BCUT2D eigenvalue weighted by atomic mass is 9.96. The molecular formula is C24H22N4O6S. The molecule has 0 unspecified atom stereocenters. The van der Waals surface area contributed by atoms with Gasteiger partial charge < -0.3 is 14.8 Å². The highest BCUT2D eigenvalue weighted by Crippen LogP contribution is 2.31. The molecule has 1 atom stereocenters. The molecule has 0 aliphatic carbocycles. The molecule has 3 aromatic rings. The summed E-state index contributed by atoms with van der Waals surface area (Å²) in [5, 5.41) is 14.0. The molecule has 0 amide bonds. The number of methoxy groups -OCH3 is 1. The SMILES string of the molecule is CCOC(=O)C1=C(C)N=c2s/c(=C\Nc3cccc([N+](=O)[O-])c3)c(=O)n2[C@H]1c1ccc(OC)cc1. The number of hydrogen-bond acceptors (Lipinski definition) is 9. The van der Waals surface area contributed by atoms with Crippen molar-refractivity contribution in [3.8, 4) is 5.75 Å². The minimum Gasteiger partial charge on any atom is -0.497 e. The highest BCUT2D eigenvalue weighted by Gasteiger charge is 2.33. The van der Waals surface area contributed by atoms with E-state index in [0.29, 0.717) is 32.0 Å². The standard InChI is InChI=1S/C24H22N4O6S/c1-4-34-23(30)20-14(2)26-24-27(21(20)15-8-10-18(33-3)11-9-15)22(29)19(35-24)13-25-16-6-5-7-17(12-16)28(31)32/h5-13,21,25H,4H2,1-3H3/b19-13-/t21-/m0/s1. The second kappa shape index (κ2) is 9.94. The maximum absolute atomic E-state index is 13.5. The average Bonchev–Trinajstić information content (AvgIpc) is 3.16. The van der Waals surface area contributed by atoms with Crippen LogP contribution in [0, 0.1) is 10.1 Å². The summed E-state index contributed by atoms with van der Waals surface area (Å²) < 4.78 is 12.3. The number of carbonyl (C=O) groups excluding carboxylic acids is 1. The van der Waals surface area contributed by atoms with Crippen LogP contribution in [0.1, 0.15) is 25.5 Å². The molecular weight excluding hydrogens is 472 g/mol. The van der Waals surface area contributed by atoms with Gasteiger partial charge in [-0.3, -0.25) is 19.5 Å². The fourth-order valence-electron chi connectivity index (χ4n) is 3.75. The number of aromatic nitrogens is 1. The van der Waals surface area contributed by atoms with Gasteiger partial charge in [-0.05, 0) is 37.6 Å². The predicted molar refractivity (Wildman–Crippen MR) is 131 cm³/mol. The van der Waals surface area contributed by atoms with Crippen molar-refractivity contribution in [3.05, 3.63) is 95.2 Å². The Hall–Kier alpha value is -4.25. The van der Waals surface area contributed by atoms with Gasteiger partial charge in [-0.1, -0.05) is 29.5 Å². The molecule has 180 valence electrons. The van der Waals surface area contributed by atoms with Crippen molar-refractivity contribution in [2.45, 2.75) is 19.9 Å². The number of carbonyl (C=O) groups is 1. The first-order valence-electron chi connectivity index (χ1n) is 10.7. The summed E-state index contributed by atoms with van der Waals surface area (Å²) in [5.74, 6) is 0.0965. The minimum atomic E-state index is -0.740. The lowest BCUT2D eigenvalue weighted by Crippen LogP contribution is -2.40. The molecule has 0 fully saturated rings. The van der Waals surface area contributed by atoms with Crippen LogP contribution in [0.2, 0.25) is 0 Å². The van der Waals surface area contributed by atoms with Crippen LogP contribution in [-0.4, -0.2) is 29.2 Å². The third-order valence-electron chi connectivity index (χ3n) is 5.38. The summed E-state index contributed by atoms with van der Waals surface area (Å²) in [6, 6.07) is 12.3. The first-order valence-corrected chi connectivity index (χ1v) is 11.5. The first kappa shape index (κ1) is 23.9. The van der Waals surface area contributed by atoms with E-state index in [1.165, 1.54) is 22.9 Å². The lowest BCUT2D eigenvalue weighted by molar-refractivity contribution is -0.384. The van der Waals surface area contributed by atoms with Crippen molar-refractivity contribution in [1.82, 2.24) is 4.57 Å². The second-order valence-electron chi connectivity index (χ2n) is 7.53. The molecule has 2 aromatic carbocycles. The number of nitrogens with zero attached hydrogens (tertiary/aromatic N) is 3. The average molecular weight is 495 g/mol. The van der Waals surface area contributed by atoms with Crippen LogP contribution in [0.25, 0.3) is 6.20 Å². The Balaban J connectivity index is 1.83. The number of anilines is 1. The van der Waals surface area contributed by atoms with Crippen LogP contribution >= 0.6 is 11.3 Å². The number of allylic oxidation sites excluding steroid dienone is 1. The van der Waals surface area contributed by atoms with Crippen molar-refractivity contribution < 1.29 is 19.2 Å². The van der Waals surface area contributed by atoms with Crippen molar-refractivity contribution in [1.29, 1.82) is 0 Å². The van der Waals surface area contributed by atoms with Crippen LogP contribution in [-0.2, 0) is 9.53 Å². The number of non-ortho nitro benzene ring substituents is 1. The molecule has 0 bridgehead atoms. The van der Waals surface area contributed by atoms with E-state index in [-0.39, 0.29) is 23.4 Å².